The number of halogens is 2. The molecule has 2 rings (SSSR count). The first-order valence-electron chi connectivity index (χ1n) is 6.60. The van der Waals surface area contributed by atoms with Crippen LogP contribution in [0.5, 0.6) is 0 Å². The highest BCUT2D eigenvalue weighted by molar-refractivity contribution is 9.11. The normalized spacial score (nSPS) is 23.8. The van der Waals surface area contributed by atoms with Gasteiger partial charge in [-0.05, 0) is 53.5 Å². The van der Waals surface area contributed by atoms with Crippen LogP contribution in [0.25, 0.3) is 0 Å². The van der Waals surface area contributed by atoms with E-state index in [0.717, 1.165) is 26.7 Å². The minimum absolute atomic E-state index is 0.482. The zero-order valence-corrected chi connectivity index (χ0v) is 15.1. The first-order chi connectivity index (χ1) is 8.99. The van der Waals surface area contributed by atoms with Gasteiger partial charge in [-0.1, -0.05) is 28.8 Å². The van der Waals surface area contributed by atoms with Crippen molar-refractivity contribution >= 4 is 50.2 Å². The van der Waals surface area contributed by atoms with Gasteiger partial charge in [-0.25, -0.2) is 0 Å². The van der Waals surface area contributed by atoms with Gasteiger partial charge in [0.15, 0.2) is 0 Å². The largest absolute Gasteiger partial charge is 0.398 e. The predicted octanol–water partition coefficient (Wildman–Crippen LogP) is 4.47. The molecule has 0 radical (unpaired) electrons. The van der Waals surface area contributed by atoms with Gasteiger partial charge in [-0.15, -0.1) is 0 Å². The molecule has 0 bridgehead atoms. The highest BCUT2D eigenvalue weighted by Crippen LogP contribution is 2.31. The number of nitrogens with two attached hydrogens (primary N) is 1. The van der Waals surface area contributed by atoms with Crippen LogP contribution in [0, 0.1) is 0 Å². The fourth-order valence-electron chi connectivity index (χ4n) is 2.76. The summed E-state index contributed by atoms with van der Waals surface area (Å²) in [5, 5.41) is 0.482. The number of hydrogen-bond acceptors (Lipinski definition) is 3. The maximum Gasteiger partial charge on any atom is 0.0504 e. The summed E-state index contributed by atoms with van der Waals surface area (Å²) < 4.78 is 2.01. The van der Waals surface area contributed by atoms with Crippen molar-refractivity contribution in [1.29, 1.82) is 0 Å². The molecule has 1 fully saturated rings. The van der Waals surface area contributed by atoms with Crippen LogP contribution in [0.2, 0.25) is 0 Å². The highest BCUT2D eigenvalue weighted by atomic mass is 79.9. The molecule has 1 aromatic carbocycles. The van der Waals surface area contributed by atoms with Crippen molar-refractivity contribution in [2.24, 2.45) is 0 Å². The van der Waals surface area contributed by atoms with Crippen LogP contribution < -0.4 is 5.73 Å². The minimum atomic E-state index is 0.482. The molecule has 1 aliphatic carbocycles. The average molecular weight is 408 g/mol. The van der Waals surface area contributed by atoms with E-state index in [1.165, 1.54) is 25.7 Å². The van der Waals surface area contributed by atoms with Crippen molar-refractivity contribution in [2.45, 2.75) is 43.5 Å². The van der Waals surface area contributed by atoms with Gasteiger partial charge in [0.1, 0.15) is 0 Å². The molecule has 0 heterocycles. The molecule has 2 atom stereocenters. The molecule has 106 valence electrons. The lowest BCUT2D eigenvalue weighted by Crippen LogP contribution is -2.40. The smallest absolute Gasteiger partial charge is 0.0504 e. The van der Waals surface area contributed by atoms with Crippen molar-refractivity contribution < 1.29 is 0 Å². The second-order valence-electron chi connectivity index (χ2n) is 5.29. The van der Waals surface area contributed by atoms with Crippen LogP contribution in [-0.2, 0) is 6.54 Å². The molecule has 0 aliphatic heterocycles. The Morgan fingerprint density at radius 2 is 2.00 bits per heavy atom. The van der Waals surface area contributed by atoms with Crippen LogP contribution in [0.15, 0.2) is 21.1 Å². The van der Waals surface area contributed by atoms with E-state index < -0.39 is 0 Å². The van der Waals surface area contributed by atoms with Crippen molar-refractivity contribution in [3.63, 3.8) is 0 Å². The second kappa shape index (κ2) is 6.83. The molecule has 5 heteroatoms. The van der Waals surface area contributed by atoms with E-state index in [9.17, 15) is 0 Å². The molecule has 1 saturated carbocycles. The van der Waals surface area contributed by atoms with Crippen molar-refractivity contribution in [2.75, 3.05) is 12.8 Å². The van der Waals surface area contributed by atoms with Gasteiger partial charge in [0, 0.05) is 26.8 Å². The van der Waals surface area contributed by atoms with Crippen molar-refractivity contribution in [1.82, 2.24) is 4.90 Å². The molecule has 19 heavy (non-hydrogen) atoms. The van der Waals surface area contributed by atoms with Gasteiger partial charge in [0.25, 0.3) is 0 Å². The standard InChI is InChI=1S/C14H20Br2N2S/c1-18(12-4-2-3-5-13(12)19)8-9-6-10(15)7-11(16)14(9)17/h6-7,12-13,19H,2-5,8,17H2,1H3. The van der Waals surface area contributed by atoms with Gasteiger partial charge < -0.3 is 5.73 Å². The van der Waals surface area contributed by atoms with Gasteiger partial charge in [-0.3, -0.25) is 4.90 Å². The highest BCUT2D eigenvalue weighted by Gasteiger charge is 2.26. The lowest BCUT2D eigenvalue weighted by Gasteiger charge is -2.36. The van der Waals surface area contributed by atoms with E-state index >= 15 is 0 Å². The summed E-state index contributed by atoms with van der Waals surface area (Å²) in [5.41, 5.74) is 8.15. The van der Waals surface area contributed by atoms with E-state index in [0.29, 0.717) is 11.3 Å². The van der Waals surface area contributed by atoms with E-state index in [-0.39, 0.29) is 0 Å². The number of thiol groups is 1. The summed E-state index contributed by atoms with van der Waals surface area (Å²) in [4.78, 5) is 2.39. The molecular weight excluding hydrogens is 388 g/mol. The number of anilines is 1. The Labute approximate surface area is 137 Å². The summed E-state index contributed by atoms with van der Waals surface area (Å²) in [6.07, 6.45) is 5.07. The second-order valence-corrected chi connectivity index (χ2v) is 7.73. The zero-order valence-electron chi connectivity index (χ0n) is 11.1. The molecule has 1 aromatic rings. The summed E-state index contributed by atoms with van der Waals surface area (Å²) in [6.45, 7) is 0.867. The average Bonchev–Trinajstić information content (AvgIpc) is 2.35. The number of rotatable bonds is 3. The SMILES string of the molecule is CN(Cc1cc(Br)cc(Br)c1N)C1CCCCC1S. The van der Waals surface area contributed by atoms with E-state index in [1.54, 1.807) is 0 Å². The fraction of sp³-hybridized carbons (Fsp3) is 0.571. The van der Waals surface area contributed by atoms with Crippen LogP contribution in [0.3, 0.4) is 0 Å². The Kier molecular flexibility index (Phi) is 5.64. The van der Waals surface area contributed by atoms with E-state index in [2.05, 4.69) is 49.9 Å². The van der Waals surface area contributed by atoms with Gasteiger partial charge >= 0.3 is 0 Å². The summed E-state index contributed by atoms with van der Waals surface area (Å²) in [6, 6.07) is 4.64. The zero-order chi connectivity index (χ0) is 14.0. The molecule has 0 aromatic heterocycles. The molecular formula is C14H20Br2N2S. The third-order valence-corrected chi connectivity index (χ3v) is 5.58. The molecule has 2 nitrogen and oxygen atoms in total. The molecule has 0 saturated heterocycles. The van der Waals surface area contributed by atoms with Gasteiger partial charge in [-0.2, -0.15) is 12.6 Å². The third kappa shape index (κ3) is 3.90. The molecule has 0 spiro atoms. The predicted molar refractivity (Wildman–Crippen MR) is 92.8 cm³/mol. The first-order valence-corrected chi connectivity index (χ1v) is 8.71. The number of nitrogens with zero attached hydrogens (tertiary/aromatic N) is 1. The van der Waals surface area contributed by atoms with E-state index in [1.807, 2.05) is 6.07 Å². The lowest BCUT2D eigenvalue weighted by molar-refractivity contribution is 0.192. The number of nitrogen functional groups attached to an aromatic ring is 1. The van der Waals surface area contributed by atoms with Gasteiger partial charge in [0.05, 0.1) is 5.69 Å². The van der Waals surface area contributed by atoms with Crippen LogP contribution >= 0.6 is 44.5 Å². The lowest BCUT2D eigenvalue weighted by atomic mass is 9.93. The van der Waals surface area contributed by atoms with Crippen molar-refractivity contribution in [3.05, 3.63) is 26.6 Å². The third-order valence-electron chi connectivity index (χ3n) is 3.86. The maximum absolute atomic E-state index is 6.15. The number of hydrogen-bond donors (Lipinski definition) is 2. The molecule has 0 amide bonds. The topological polar surface area (TPSA) is 29.3 Å². The monoisotopic (exact) mass is 406 g/mol. The summed E-state index contributed by atoms with van der Waals surface area (Å²) in [5.74, 6) is 0. The Morgan fingerprint density at radius 1 is 1.32 bits per heavy atom. The van der Waals surface area contributed by atoms with Crippen LogP contribution in [0.1, 0.15) is 31.2 Å². The minimum Gasteiger partial charge on any atom is -0.398 e. The Morgan fingerprint density at radius 3 is 2.68 bits per heavy atom. The van der Waals surface area contributed by atoms with Crippen LogP contribution in [0.4, 0.5) is 5.69 Å². The first kappa shape index (κ1) is 15.7. The summed E-state index contributed by atoms with van der Waals surface area (Å²) >= 11 is 11.8. The maximum atomic E-state index is 6.15. The Hall–Kier alpha value is 0.290. The molecule has 1 aliphatic rings. The number of benzene rings is 1. The molecule has 2 N–H and O–H groups in total. The van der Waals surface area contributed by atoms with Crippen LogP contribution in [-0.4, -0.2) is 23.2 Å². The van der Waals surface area contributed by atoms with Crippen molar-refractivity contribution in [3.8, 4) is 0 Å². The summed E-state index contributed by atoms with van der Waals surface area (Å²) in [7, 11) is 2.17. The Bertz CT molecular complexity index is 453. The fourth-order valence-corrected chi connectivity index (χ4v) is 4.63. The Balaban J connectivity index is 2.12. The van der Waals surface area contributed by atoms with Gasteiger partial charge in [0.2, 0.25) is 0 Å². The van der Waals surface area contributed by atoms with E-state index in [4.69, 9.17) is 18.4 Å². The molecule has 2 unspecified atom stereocenters. The quantitative estimate of drug-likeness (QED) is 0.571.